The molecule has 3 heterocycles. The van der Waals surface area contributed by atoms with Crippen LogP contribution in [0.3, 0.4) is 0 Å². The highest BCUT2D eigenvalue weighted by Crippen LogP contribution is 2.28. The number of hydrogen-bond acceptors (Lipinski definition) is 8. The minimum absolute atomic E-state index is 0.0797. The molecule has 5 rings (SSSR count). The molecule has 34 heavy (non-hydrogen) atoms. The summed E-state index contributed by atoms with van der Waals surface area (Å²) in [6.45, 7) is 7.94. The Kier molecular flexibility index (Phi) is 5.23. The highest BCUT2D eigenvalue weighted by molar-refractivity contribution is 7.91. The fraction of sp³-hybridized carbons (Fsp3) is 0.348. The maximum Gasteiger partial charge on any atom is 0.281 e. The lowest BCUT2D eigenvalue weighted by Crippen LogP contribution is -2.25. The molecule has 0 bridgehead atoms. The number of aromatic nitrogens is 4. The van der Waals surface area contributed by atoms with Gasteiger partial charge in [-0.3, -0.25) is 4.79 Å². The van der Waals surface area contributed by atoms with Crippen molar-refractivity contribution in [3.05, 3.63) is 57.9 Å². The molecule has 11 heteroatoms. The number of H-pyrrole nitrogens is 1. The van der Waals surface area contributed by atoms with Gasteiger partial charge in [0.2, 0.25) is 14.9 Å². The Bertz CT molecular complexity index is 1590. The van der Waals surface area contributed by atoms with E-state index >= 15 is 0 Å². The third-order valence-electron chi connectivity index (χ3n) is 5.68. The summed E-state index contributed by atoms with van der Waals surface area (Å²) in [5.74, 6) is -0.176. The van der Waals surface area contributed by atoms with Gasteiger partial charge in [0.25, 0.3) is 5.56 Å². The van der Waals surface area contributed by atoms with Gasteiger partial charge >= 0.3 is 0 Å². The van der Waals surface area contributed by atoms with Crippen molar-refractivity contribution in [1.29, 1.82) is 0 Å². The summed E-state index contributed by atoms with van der Waals surface area (Å²) in [5, 5.41) is 6.69. The van der Waals surface area contributed by atoms with Crippen molar-refractivity contribution in [3.8, 4) is 5.75 Å². The van der Waals surface area contributed by atoms with Gasteiger partial charge in [-0.15, -0.1) is 5.10 Å². The second-order valence-corrected chi connectivity index (χ2v) is 10.6. The van der Waals surface area contributed by atoms with Crippen molar-refractivity contribution in [2.24, 2.45) is 0 Å². The van der Waals surface area contributed by atoms with E-state index in [0.29, 0.717) is 28.8 Å². The van der Waals surface area contributed by atoms with Crippen LogP contribution >= 0.6 is 0 Å². The third-order valence-corrected chi connectivity index (χ3v) is 7.50. The number of ether oxygens (including phenoxy) is 3. The Morgan fingerprint density at radius 3 is 2.71 bits per heavy atom. The molecule has 1 saturated heterocycles. The van der Waals surface area contributed by atoms with Crippen molar-refractivity contribution in [3.63, 3.8) is 0 Å². The van der Waals surface area contributed by atoms with Crippen molar-refractivity contribution in [2.45, 2.75) is 49.5 Å². The molecule has 2 aromatic carbocycles. The second-order valence-electron chi connectivity index (χ2n) is 8.81. The fourth-order valence-electron chi connectivity index (χ4n) is 4.10. The van der Waals surface area contributed by atoms with Gasteiger partial charge in [-0.05, 0) is 51.5 Å². The number of nitrogens with zero attached hydrogens (tertiary/aromatic N) is 3. The number of rotatable bonds is 5. The van der Waals surface area contributed by atoms with Crippen molar-refractivity contribution >= 4 is 26.4 Å². The average molecular weight is 485 g/mol. The Hall–Kier alpha value is -3.28. The molecule has 1 atom stereocenters. The molecule has 4 aromatic rings. The van der Waals surface area contributed by atoms with Gasteiger partial charge in [0.15, 0.2) is 11.4 Å². The normalized spacial score (nSPS) is 18.1. The van der Waals surface area contributed by atoms with Gasteiger partial charge in [0.05, 0.1) is 22.4 Å². The predicted octanol–water partition coefficient (Wildman–Crippen LogP) is 2.55. The Labute approximate surface area is 195 Å². The van der Waals surface area contributed by atoms with E-state index in [2.05, 4.69) is 15.3 Å². The largest absolute Gasteiger partial charge is 0.491 e. The molecule has 1 aliphatic rings. The molecule has 1 fully saturated rings. The summed E-state index contributed by atoms with van der Waals surface area (Å²) in [5.41, 5.74) is 1.28. The van der Waals surface area contributed by atoms with Crippen LogP contribution in [0.4, 0.5) is 0 Å². The first-order chi connectivity index (χ1) is 16.0. The van der Waals surface area contributed by atoms with Crippen LogP contribution in [0.5, 0.6) is 5.75 Å². The quantitative estimate of drug-likeness (QED) is 0.458. The zero-order valence-electron chi connectivity index (χ0n) is 19.2. The molecule has 10 nitrogen and oxygen atoms in total. The van der Waals surface area contributed by atoms with E-state index in [1.807, 2.05) is 20.8 Å². The molecule has 178 valence electrons. The first-order valence-corrected chi connectivity index (χ1v) is 12.2. The summed E-state index contributed by atoms with van der Waals surface area (Å²) in [4.78, 5) is 16.9. The van der Waals surface area contributed by atoms with Gasteiger partial charge in [-0.1, -0.05) is 17.7 Å². The van der Waals surface area contributed by atoms with E-state index in [1.165, 1.54) is 10.6 Å². The van der Waals surface area contributed by atoms with Crippen LogP contribution in [-0.4, -0.2) is 53.3 Å². The standard InChI is InChI=1S/C23H24N4O6S/c1-13-5-8-19(14(2)9-13)34(29,30)22-20-24-21(28)17-7-6-15(10-18(17)27(20)26-25-22)31-11-16-12-32-23(3,4)33-16/h5-10,16,26H,11-12H2,1-4H3. The Morgan fingerprint density at radius 2 is 2.00 bits per heavy atom. The molecule has 1 N–H and O–H groups in total. The molecule has 0 saturated carbocycles. The first kappa shape index (κ1) is 22.5. The lowest BCUT2D eigenvalue weighted by molar-refractivity contribution is -0.141. The van der Waals surface area contributed by atoms with E-state index < -0.39 is 21.2 Å². The van der Waals surface area contributed by atoms with Gasteiger partial charge in [0.1, 0.15) is 18.5 Å². The van der Waals surface area contributed by atoms with Crippen LogP contribution in [-0.2, 0) is 19.3 Å². The molecule has 0 spiro atoms. The smallest absolute Gasteiger partial charge is 0.281 e. The van der Waals surface area contributed by atoms with E-state index in [9.17, 15) is 13.2 Å². The van der Waals surface area contributed by atoms with E-state index in [1.54, 1.807) is 37.3 Å². The maximum atomic E-state index is 13.4. The molecule has 0 radical (unpaired) electrons. The lowest BCUT2D eigenvalue weighted by atomic mass is 10.2. The number of aromatic amines is 1. The zero-order chi connectivity index (χ0) is 24.3. The number of sulfone groups is 1. The fourth-order valence-corrected chi connectivity index (χ4v) is 5.57. The average Bonchev–Trinajstić information content (AvgIpc) is 3.35. The first-order valence-electron chi connectivity index (χ1n) is 10.7. The minimum Gasteiger partial charge on any atom is -0.491 e. The van der Waals surface area contributed by atoms with Gasteiger partial charge in [0, 0.05) is 6.07 Å². The van der Waals surface area contributed by atoms with Crippen molar-refractivity contribution in [1.82, 2.24) is 19.8 Å². The van der Waals surface area contributed by atoms with Crippen LogP contribution in [0.2, 0.25) is 0 Å². The summed E-state index contributed by atoms with van der Waals surface area (Å²) < 4.78 is 45.3. The Morgan fingerprint density at radius 1 is 1.21 bits per heavy atom. The molecular weight excluding hydrogens is 460 g/mol. The SMILES string of the molecule is Cc1ccc(S(=O)(=O)c2n[nH]n3c2nc(=O)c2ccc(OCC4COC(C)(C)O4)cc23)c(C)c1. The van der Waals surface area contributed by atoms with E-state index in [0.717, 1.165) is 5.56 Å². The maximum absolute atomic E-state index is 13.4. The van der Waals surface area contributed by atoms with Crippen LogP contribution in [0, 0.1) is 13.8 Å². The molecule has 0 aliphatic carbocycles. The second kappa shape index (κ2) is 7.90. The van der Waals surface area contributed by atoms with E-state index in [-0.39, 0.29) is 28.3 Å². The molecule has 1 unspecified atom stereocenters. The number of nitrogens with one attached hydrogen (secondary N) is 1. The molecule has 0 amide bonds. The number of aryl methyl sites for hydroxylation is 2. The molecular formula is C23H24N4O6S. The zero-order valence-corrected chi connectivity index (χ0v) is 20.0. The van der Waals surface area contributed by atoms with Crippen molar-refractivity contribution < 1.29 is 22.6 Å². The monoisotopic (exact) mass is 484 g/mol. The van der Waals surface area contributed by atoms with Crippen LogP contribution < -0.4 is 10.3 Å². The molecule has 1 aliphatic heterocycles. The van der Waals surface area contributed by atoms with Gasteiger partial charge in [-0.25, -0.2) is 18.1 Å². The van der Waals surface area contributed by atoms with Crippen LogP contribution in [0.25, 0.3) is 16.6 Å². The van der Waals surface area contributed by atoms with Gasteiger partial charge in [-0.2, -0.15) is 4.98 Å². The third kappa shape index (κ3) is 3.85. The summed E-state index contributed by atoms with van der Waals surface area (Å²) >= 11 is 0. The van der Waals surface area contributed by atoms with Gasteiger partial charge < -0.3 is 14.2 Å². The van der Waals surface area contributed by atoms with E-state index in [4.69, 9.17) is 14.2 Å². The minimum atomic E-state index is -4.02. The predicted molar refractivity (Wildman–Crippen MR) is 123 cm³/mol. The Balaban J connectivity index is 1.55. The molecule has 2 aromatic heterocycles. The highest BCUT2D eigenvalue weighted by atomic mass is 32.2. The number of hydrogen-bond donors (Lipinski definition) is 1. The lowest BCUT2D eigenvalue weighted by Gasteiger charge is -2.17. The van der Waals surface area contributed by atoms with Crippen molar-refractivity contribution in [2.75, 3.05) is 13.2 Å². The summed E-state index contributed by atoms with van der Waals surface area (Å²) in [6, 6.07) is 9.91. The van der Waals surface area contributed by atoms with Crippen LogP contribution in [0.15, 0.2) is 51.1 Å². The number of fused-ring (bicyclic) bond motifs is 3. The summed E-state index contributed by atoms with van der Waals surface area (Å²) in [7, 11) is -4.02. The topological polar surface area (TPSA) is 125 Å². The van der Waals surface area contributed by atoms with Crippen LogP contribution in [0.1, 0.15) is 25.0 Å². The highest BCUT2D eigenvalue weighted by Gasteiger charge is 2.33. The summed E-state index contributed by atoms with van der Waals surface area (Å²) in [6.07, 6.45) is -0.229. The number of benzene rings is 2.